The minimum Gasteiger partial charge on any atom is -0.348 e. The average Bonchev–Trinajstić information content (AvgIpc) is 2.60. The minimum atomic E-state index is -0.148. The summed E-state index contributed by atoms with van der Waals surface area (Å²) in [4.78, 5) is 24.3. The van der Waals surface area contributed by atoms with Crippen molar-refractivity contribution in [2.24, 2.45) is 16.4 Å². The topological polar surface area (TPSA) is 82.6 Å². The molecule has 0 aromatic heterocycles. The molecule has 26 heavy (non-hydrogen) atoms. The zero-order chi connectivity index (χ0) is 19.2. The maximum atomic E-state index is 12.5. The Morgan fingerprint density at radius 3 is 2.58 bits per heavy atom. The fraction of sp³-hybridized carbons (Fsp3) is 0.650. The van der Waals surface area contributed by atoms with Crippen LogP contribution in [-0.4, -0.2) is 23.6 Å². The summed E-state index contributed by atoms with van der Waals surface area (Å²) in [5.74, 6) is 0.467. The molecule has 2 rings (SSSR count). The summed E-state index contributed by atoms with van der Waals surface area (Å²) in [6, 6.07) is 0.211. The number of carbonyl (C=O) groups is 2. The van der Waals surface area contributed by atoms with Crippen LogP contribution in [0.1, 0.15) is 66.2 Å². The summed E-state index contributed by atoms with van der Waals surface area (Å²) in [5.41, 5.74) is 4.13. The van der Waals surface area contributed by atoms with Gasteiger partial charge in [-0.2, -0.15) is 5.10 Å². The fourth-order valence-corrected chi connectivity index (χ4v) is 3.50. The van der Waals surface area contributed by atoms with Gasteiger partial charge in [0, 0.05) is 30.8 Å². The molecule has 2 amide bonds. The van der Waals surface area contributed by atoms with E-state index in [1.807, 2.05) is 13.0 Å². The summed E-state index contributed by atoms with van der Waals surface area (Å²) >= 11 is 0. The number of hydrazone groups is 1. The molecule has 1 fully saturated rings. The van der Waals surface area contributed by atoms with E-state index in [-0.39, 0.29) is 17.9 Å². The number of hydrogen-bond donors (Lipinski definition) is 3. The van der Waals surface area contributed by atoms with Gasteiger partial charge in [-0.05, 0) is 43.9 Å². The molecule has 0 aromatic rings. The van der Waals surface area contributed by atoms with Crippen molar-refractivity contribution in [3.05, 3.63) is 24.0 Å². The first-order valence-electron chi connectivity index (χ1n) is 9.52. The zero-order valence-corrected chi connectivity index (χ0v) is 16.4. The van der Waals surface area contributed by atoms with Gasteiger partial charge in [-0.3, -0.25) is 15.0 Å². The standard InChI is InChI=1S/C20H32N4O2/c1-5-6-7-18(25)22-16-12-17(24-21-13-16)19(26)23-15-10-8-14(9-11-15)20(2,3)4/h5-6,13-15,21H,7-12H2,1-4H3,(H,22,25)(H,23,26)/b6-5-. The lowest BCUT2D eigenvalue weighted by Crippen LogP contribution is -2.44. The Labute approximate surface area is 156 Å². The van der Waals surface area contributed by atoms with Gasteiger partial charge in [0.15, 0.2) is 0 Å². The van der Waals surface area contributed by atoms with Crippen LogP contribution in [0.3, 0.4) is 0 Å². The number of hydrogen-bond acceptors (Lipinski definition) is 4. The van der Waals surface area contributed by atoms with Crippen LogP contribution in [-0.2, 0) is 9.59 Å². The van der Waals surface area contributed by atoms with Gasteiger partial charge in [-0.1, -0.05) is 32.9 Å². The molecular formula is C20H32N4O2. The summed E-state index contributed by atoms with van der Waals surface area (Å²) in [6.45, 7) is 8.74. The van der Waals surface area contributed by atoms with E-state index in [9.17, 15) is 9.59 Å². The Morgan fingerprint density at radius 1 is 1.27 bits per heavy atom. The van der Waals surface area contributed by atoms with Crippen molar-refractivity contribution < 1.29 is 9.59 Å². The predicted molar refractivity (Wildman–Crippen MR) is 104 cm³/mol. The highest BCUT2D eigenvalue weighted by Gasteiger charge is 2.31. The smallest absolute Gasteiger partial charge is 0.268 e. The molecule has 1 aliphatic carbocycles. The van der Waals surface area contributed by atoms with E-state index >= 15 is 0 Å². The molecule has 6 heteroatoms. The van der Waals surface area contributed by atoms with Crippen molar-refractivity contribution in [2.75, 3.05) is 0 Å². The summed E-state index contributed by atoms with van der Waals surface area (Å²) < 4.78 is 0. The molecule has 1 heterocycles. The fourth-order valence-electron chi connectivity index (χ4n) is 3.50. The lowest BCUT2D eigenvalue weighted by Gasteiger charge is -2.37. The molecular weight excluding hydrogens is 328 g/mol. The van der Waals surface area contributed by atoms with Gasteiger partial charge in [-0.25, -0.2) is 0 Å². The van der Waals surface area contributed by atoms with Crippen LogP contribution in [0.4, 0.5) is 0 Å². The van der Waals surface area contributed by atoms with Crippen LogP contribution in [0.2, 0.25) is 0 Å². The van der Waals surface area contributed by atoms with Gasteiger partial charge in [0.2, 0.25) is 5.91 Å². The van der Waals surface area contributed by atoms with Crippen molar-refractivity contribution in [1.29, 1.82) is 0 Å². The highest BCUT2D eigenvalue weighted by molar-refractivity contribution is 6.39. The zero-order valence-electron chi connectivity index (χ0n) is 16.4. The number of amides is 2. The highest BCUT2D eigenvalue weighted by atomic mass is 16.2. The highest BCUT2D eigenvalue weighted by Crippen LogP contribution is 2.37. The number of nitrogens with zero attached hydrogens (tertiary/aromatic N) is 1. The second-order valence-corrected chi connectivity index (χ2v) is 8.24. The molecule has 0 unspecified atom stereocenters. The lowest BCUT2D eigenvalue weighted by atomic mass is 9.71. The molecule has 3 N–H and O–H groups in total. The Bertz CT molecular complexity index is 606. The van der Waals surface area contributed by atoms with Crippen molar-refractivity contribution in [3.8, 4) is 0 Å². The van der Waals surface area contributed by atoms with E-state index in [0.29, 0.717) is 35.6 Å². The Morgan fingerprint density at radius 2 is 1.96 bits per heavy atom. The molecule has 0 atom stereocenters. The first-order chi connectivity index (χ1) is 12.3. The van der Waals surface area contributed by atoms with Gasteiger partial charge < -0.3 is 10.6 Å². The predicted octanol–water partition coefficient (Wildman–Crippen LogP) is 2.98. The second kappa shape index (κ2) is 9.01. The number of rotatable bonds is 5. The molecule has 1 saturated carbocycles. The minimum absolute atomic E-state index is 0.0988. The van der Waals surface area contributed by atoms with Gasteiger partial charge >= 0.3 is 0 Å². The van der Waals surface area contributed by atoms with Gasteiger partial charge in [0.1, 0.15) is 5.71 Å². The Balaban J connectivity index is 1.80. The molecule has 144 valence electrons. The van der Waals surface area contributed by atoms with E-state index < -0.39 is 0 Å². The largest absolute Gasteiger partial charge is 0.348 e. The molecule has 0 radical (unpaired) electrons. The summed E-state index contributed by atoms with van der Waals surface area (Å²) in [5, 5.41) is 10.0. The Kier molecular flexibility index (Phi) is 7.00. The van der Waals surface area contributed by atoms with Crippen LogP contribution in [0, 0.1) is 11.3 Å². The van der Waals surface area contributed by atoms with E-state index in [2.05, 4.69) is 41.9 Å². The van der Waals surface area contributed by atoms with Crippen molar-refractivity contribution >= 4 is 17.5 Å². The molecule has 0 aromatic carbocycles. The monoisotopic (exact) mass is 360 g/mol. The molecule has 0 bridgehead atoms. The first kappa shape index (κ1) is 20.2. The number of nitrogens with one attached hydrogen (secondary N) is 3. The van der Waals surface area contributed by atoms with E-state index in [0.717, 1.165) is 25.7 Å². The maximum Gasteiger partial charge on any atom is 0.268 e. The van der Waals surface area contributed by atoms with Crippen LogP contribution in [0.5, 0.6) is 0 Å². The molecule has 0 spiro atoms. The van der Waals surface area contributed by atoms with Crippen LogP contribution < -0.4 is 16.1 Å². The number of carbonyl (C=O) groups excluding carboxylic acids is 2. The average molecular weight is 361 g/mol. The van der Waals surface area contributed by atoms with Crippen molar-refractivity contribution in [1.82, 2.24) is 16.1 Å². The summed E-state index contributed by atoms with van der Waals surface area (Å²) in [7, 11) is 0. The van der Waals surface area contributed by atoms with E-state index in [4.69, 9.17) is 0 Å². The third-order valence-electron chi connectivity index (χ3n) is 5.18. The van der Waals surface area contributed by atoms with Gasteiger partial charge in [0.05, 0.1) is 0 Å². The quantitative estimate of drug-likeness (QED) is 0.659. The van der Waals surface area contributed by atoms with Crippen LogP contribution in [0.15, 0.2) is 29.2 Å². The normalized spacial score (nSPS) is 23.7. The third-order valence-corrected chi connectivity index (χ3v) is 5.18. The molecule has 6 nitrogen and oxygen atoms in total. The second-order valence-electron chi connectivity index (χ2n) is 8.24. The number of allylic oxidation sites excluding steroid dienone is 2. The maximum absolute atomic E-state index is 12.5. The summed E-state index contributed by atoms with van der Waals surface area (Å²) in [6.07, 6.45) is 10.2. The third kappa shape index (κ3) is 6.00. The SMILES string of the molecule is C/C=C\CC(=O)NC1=CNN=C(C(=O)NC2CCC(C(C)(C)C)CC2)C1. The Hall–Kier alpha value is -2.11. The molecule has 2 aliphatic rings. The molecule has 1 aliphatic heterocycles. The van der Waals surface area contributed by atoms with Gasteiger partial charge in [-0.15, -0.1) is 0 Å². The van der Waals surface area contributed by atoms with Crippen LogP contribution >= 0.6 is 0 Å². The molecule has 0 saturated heterocycles. The van der Waals surface area contributed by atoms with E-state index in [1.54, 1.807) is 12.3 Å². The first-order valence-corrected chi connectivity index (χ1v) is 9.52. The van der Waals surface area contributed by atoms with Crippen LogP contribution in [0.25, 0.3) is 0 Å². The lowest BCUT2D eigenvalue weighted by molar-refractivity contribution is -0.119. The van der Waals surface area contributed by atoms with Gasteiger partial charge in [0.25, 0.3) is 5.91 Å². The van der Waals surface area contributed by atoms with Crippen molar-refractivity contribution in [3.63, 3.8) is 0 Å². The van der Waals surface area contributed by atoms with E-state index in [1.165, 1.54) is 0 Å². The van der Waals surface area contributed by atoms with Crippen molar-refractivity contribution in [2.45, 2.75) is 72.3 Å².